The number of nitrogen functional groups attached to an aromatic ring is 1. The molecule has 9 heteroatoms. The van der Waals surface area contributed by atoms with Gasteiger partial charge >= 0.3 is 0 Å². The number of hydrogen-bond donors (Lipinski definition) is 2. The van der Waals surface area contributed by atoms with Crippen LogP contribution in [0.1, 0.15) is 21.8 Å². The Bertz CT molecular complexity index is 641. The molecule has 3 N–H and O–H groups in total. The van der Waals surface area contributed by atoms with Crippen molar-refractivity contribution < 1.29 is 9.72 Å². The zero-order chi connectivity index (χ0) is 15.2. The van der Waals surface area contributed by atoms with Crippen LogP contribution in [0.5, 0.6) is 0 Å². The maximum atomic E-state index is 11.8. The van der Waals surface area contributed by atoms with Crippen LogP contribution in [-0.4, -0.2) is 27.6 Å². The molecule has 1 aromatic carbocycles. The standard InChI is InChI=1S/C12H13N5O3S/c13-12-16-15-10(21-12)2-1-7-14-11(18)8-3-5-9(6-4-8)17(19)20/h3-6H,1-2,7H2,(H2,13,16)(H,14,18). The van der Waals surface area contributed by atoms with E-state index in [1.165, 1.54) is 35.6 Å². The number of nitrogens with one attached hydrogen (secondary N) is 1. The van der Waals surface area contributed by atoms with Crippen molar-refractivity contribution in [1.82, 2.24) is 15.5 Å². The minimum Gasteiger partial charge on any atom is -0.374 e. The van der Waals surface area contributed by atoms with E-state index in [1.54, 1.807) is 0 Å². The second-order valence-corrected chi connectivity index (χ2v) is 5.29. The van der Waals surface area contributed by atoms with Crippen molar-refractivity contribution in [2.75, 3.05) is 12.3 Å². The van der Waals surface area contributed by atoms with E-state index >= 15 is 0 Å². The molecule has 0 aliphatic heterocycles. The second kappa shape index (κ2) is 6.75. The predicted octanol–water partition coefficient (Wildman–Crippen LogP) is 1.39. The summed E-state index contributed by atoms with van der Waals surface area (Å²) in [5, 5.41) is 22.1. The number of nitro groups is 1. The molecular formula is C12H13N5O3S. The van der Waals surface area contributed by atoms with E-state index in [0.717, 1.165) is 5.01 Å². The van der Waals surface area contributed by atoms with Gasteiger partial charge in [0.05, 0.1) is 4.92 Å². The number of benzene rings is 1. The summed E-state index contributed by atoms with van der Waals surface area (Å²) < 4.78 is 0. The second-order valence-electron chi connectivity index (χ2n) is 4.20. The van der Waals surface area contributed by atoms with Crippen LogP contribution < -0.4 is 11.1 Å². The van der Waals surface area contributed by atoms with E-state index in [9.17, 15) is 14.9 Å². The number of carbonyl (C=O) groups excluding carboxylic acids is 1. The van der Waals surface area contributed by atoms with Gasteiger partial charge in [-0.05, 0) is 18.6 Å². The average Bonchev–Trinajstić information content (AvgIpc) is 2.89. The molecular weight excluding hydrogens is 294 g/mol. The van der Waals surface area contributed by atoms with Gasteiger partial charge in [0.15, 0.2) is 0 Å². The topological polar surface area (TPSA) is 124 Å². The molecule has 0 saturated carbocycles. The molecule has 1 heterocycles. The number of amides is 1. The number of nitrogens with two attached hydrogens (primary N) is 1. The quantitative estimate of drug-likeness (QED) is 0.472. The van der Waals surface area contributed by atoms with Crippen molar-refractivity contribution in [2.45, 2.75) is 12.8 Å². The van der Waals surface area contributed by atoms with Gasteiger partial charge in [0, 0.05) is 30.7 Å². The SMILES string of the molecule is Nc1nnc(CCCNC(=O)c2ccc([N+](=O)[O-])cc2)s1. The molecule has 8 nitrogen and oxygen atoms in total. The summed E-state index contributed by atoms with van der Waals surface area (Å²) in [6.45, 7) is 0.481. The minimum absolute atomic E-state index is 0.0413. The molecule has 0 bridgehead atoms. The Morgan fingerprint density at radius 2 is 2.05 bits per heavy atom. The van der Waals surface area contributed by atoms with Gasteiger partial charge < -0.3 is 11.1 Å². The van der Waals surface area contributed by atoms with E-state index in [0.29, 0.717) is 30.1 Å². The highest BCUT2D eigenvalue weighted by Gasteiger charge is 2.09. The van der Waals surface area contributed by atoms with E-state index in [1.807, 2.05) is 0 Å². The van der Waals surface area contributed by atoms with Crippen LogP contribution >= 0.6 is 11.3 Å². The van der Waals surface area contributed by atoms with Crippen LogP contribution in [0.15, 0.2) is 24.3 Å². The molecule has 2 rings (SSSR count). The van der Waals surface area contributed by atoms with Gasteiger partial charge in [0.25, 0.3) is 11.6 Å². The third-order valence-corrected chi connectivity index (χ3v) is 3.49. The van der Waals surface area contributed by atoms with E-state index in [-0.39, 0.29) is 11.6 Å². The monoisotopic (exact) mass is 307 g/mol. The maximum absolute atomic E-state index is 11.8. The summed E-state index contributed by atoms with van der Waals surface area (Å²) in [6, 6.07) is 5.47. The van der Waals surface area contributed by atoms with Gasteiger partial charge in [-0.25, -0.2) is 0 Å². The van der Waals surface area contributed by atoms with Gasteiger partial charge in [-0.3, -0.25) is 14.9 Å². The number of anilines is 1. The molecule has 0 fully saturated rings. The number of non-ortho nitro benzene ring substituents is 1. The molecule has 1 amide bonds. The third kappa shape index (κ3) is 4.21. The van der Waals surface area contributed by atoms with Crippen LogP contribution in [0.2, 0.25) is 0 Å². The first-order chi connectivity index (χ1) is 10.1. The Morgan fingerprint density at radius 1 is 1.33 bits per heavy atom. The van der Waals surface area contributed by atoms with Crippen molar-refractivity contribution in [3.63, 3.8) is 0 Å². The molecule has 0 unspecified atom stereocenters. The first-order valence-electron chi connectivity index (χ1n) is 6.17. The zero-order valence-electron chi connectivity index (χ0n) is 11.0. The molecule has 0 radical (unpaired) electrons. The van der Waals surface area contributed by atoms with Crippen molar-refractivity contribution in [2.24, 2.45) is 0 Å². The first-order valence-corrected chi connectivity index (χ1v) is 6.98. The molecule has 2 aromatic rings. The number of carbonyl (C=O) groups is 1. The Labute approximate surface area is 124 Å². The molecule has 0 aliphatic rings. The van der Waals surface area contributed by atoms with Crippen LogP contribution in [0, 0.1) is 10.1 Å². The fraction of sp³-hybridized carbons (Fsp3) is 0.250. The summed E-state index contributed by atoms with van der Waals surface area (Å²) in [5.74, 6) is -0.262. The normalized spacial score (nSPS) is 10.3. The Hall–Kier alpha value is -2.55. The van der Waals surface area contributed by atoms with Crippen LogP contribution in [0.25, 0.3) is 0 Å². The van der Waals surface area contributed by atoms with E-state index in [4.69, 9.17) is 5.73 Å². The van der Waals surface area contributed by atoms with Crippen LogP contribution in [0.4, 0.5) is 10.8 Å². The third-order valence-electron chi connectivity index (χ3n) is 2.68. The molecule has 0 spiro atoms. The summed E-state index contributed by atoms with van der Waals surface area (Å²) in [6.07, 6.45) is 1.41. The zero-order valence-corrected chi connectivity index (χ0v) is 11.8. The van der Waals surface area contributed by atoms with E-state index < -0.39 is 4.92 Å². The highest BCUT2D eigenvalue weighted by atomic mass is 32.1. The fourth-order valence-electron chi connectivity index (χ4n) is 1.65. The number of hydrogen-bond acceptors (Lipinski definition) is 7. The molecule has 0 atom stereocenters. The highest BCUT2D eigenvalue weighted by Crippen LogP contribution is 2.13. The van der Waals surface area contributed by atoms with Gasteiger partial charge in [-0.1, -0.05) is 11.3 Å². The van der Waals surface area contributed by atoms with Crippen molar-refractivity contribution in [3.05, 3.63) is 45.0 Å². The Morgan fingerprint density at radius 3 is 2.62 bits per heavy atom. The lowest BCUT2D eigenvalue weighted by atomic mass is 10.2. The van der Waals surface area contributed by atoms with E-state index in [2.05, 4.69) is 15.5 Å². The lowest BCUT2D eigenvalue weighted by Crippen LogP contribution is -2.24. The van der Waals surface area contributed by atoms with Gasteiger partial charge in [-0.15, -0.1) is 10.2 Å². The van der Waals surface area contributed by atoms with Gasteiger partial charge in [0.1, 0.15) is 5.01 Å². The van der Waals surface area contributed by atoms with Gasteiger partial charge in [0.2, 0.25) is 5.13 Å². The lowest BCUT2D eigenvalue weighted by Gasteiger charge is -2.04. The fourth-order valence-corrected chi connectivity index (χ4v) is 2.30. The number of rotatable bonds is 6. The number of nitro benzene ring substituents is 1. The molecule has 1 aromatic heterocycles. The Balaban J connectivity index is 1.77. The minimum atomic E-state index is -0.505. The predicted molar refractivity (Wildman–Crippen MR) is 78.1 cm³/mol. The molecule has 0 aliphatic carbocycles. The van der Waals surface area contributed by atoms with Crippen molar-refractivity contribution in [3.8, 4) is 0 Å². The van der Waals surface area contributed by atoms with Gasteiger partial charge in [-0.2, -0.15) is 0 Å². The van der Waals surface area contributed by atoms with Crippen LogP contribution in [0.3, 0.4) is 0 Å². The average molecular weight is 307 g/mol. The van der Waals surface area contributed by atoms with Crippen molar-refractivity contribution >= 4 is 28.1 Å². The molecule has 21 heavy (non-hydrogen) atoms. The highest BCUT2D eigenvalue weighted by molar-refractivity contribution is 7.15. The summed E-state index contributed by atoms with van der Waals surface area (Å²) in [7, 11) is 0. The molecule has 0 saturated heterocycles. The number of nitrogens with zero attached hydrogens (tertiary/aromatic N) is 3. The maximum Gasteiger partial charge on any atom is 0.269 e. The number of aromatic nitrogens is 2. The summed E-state index contributed by atoms with van der Waals surface area (Å²) in [4.78, 5) is 21.8. The Kier molecular flexibility index (Phi) is 4.77. The summed E-state index contributed by atoms with van der Waals surface area (Å²) >= 11 is 1.33. The van der Waals surface area contributed by atoms with Crippen LogP contribution in [-0.2, 0) is 6.42 Å². The molecule has 110 valence electrons. The largest absolute Gasteiger partial charge is 0.374 e. The first kappa shape index (κ1) is 14.9. The lowest BCUT2D eigenvalue weighted by molar-refractivity contribution is -0.384. The van der Waals surface area contributed by atoms with Crippen molar-refractivity contribution in [1.29, 1.82) is 0 Å². The smallest absolute Gasteiger partial charge is 0.269 e. The summed E-state index contributed by atoms with van der Waals surface area (Å²) in [5.41, 5.74) is 5.82. The number of aryl methyl sites for hydroxylation is 1.